The SMILES string of the molecule is C[N+](C)(C(N)=O)c1ccc(Cl)c(Cl)c1SC(F)F. The van der Waals surface area contributed by atoms with E-state index in [0.29, 0.717) is 0 Å². The minimum atomic E-state index is -2.67. The van der Waals surface area contributed by atoms with Crippen LogP contribution in [0.5, 0.6) is 0 Å². The zero-order chi connectivity index (χ0) is 14.1. The molecule has 0 aliphatic heterocycles. The van der Waals surface area contributed by atoms with Crippen molar-refractivity contribution in [2.45, 2.75) is 10.7 Å². The molecule has 0 spiro atoms. The number of alkyl halides is 2. The molecule has 8 heteroatoms. The first-order valence-corrected chi connectivity index (χ1v) is 6.38. The molecular formula is C10H11Cl2F2N2OS+. The molecule has 18 heavy (non-hydrogen) atoms. The number of nitrogens with two attached hydrogens (primary N) is 1. The fourth-order valence-electron chi connectivity index (χ4n) is 1.28. The smallest absolute Gasteiger partial charge is 0.319 e. The number of carbonyl (C=O) groups excluding carboxylic acids is 1. The topological polar surface area (TPSA) is 43.1 Å². The quantitative estimate of drug-likeness (QED) is 0.678. The number of thioether (sulfide) groups is 1. The number of carbonyl (C=O) groups is 1. The second-order valence-corrected chi connectivity index (χ2v) is 5.67. The first-order valence-electron chi connectivity index (χ1n) is 4.75. The normalized spacial score (nSPS) is 11.9. The molecule has 0 atom stereocenters. The Bertz CT molecular complexity index is 483. The summed E-state index contributed by atoms with van der Waals surface area (Å²) in [5.74, 6) is -2.67. The highest BCUT2D eigenvalue weighted by Gasteiger charge is 2.32. The lowest BCUT2D eigenvalue weighted by Gasteiger charge is -2.26. The Morgan fingerprint density at radius 1 is 1.39 bits per heavy atom. The lowest BCUT2D eigenvalue weighted by Crippen LogP contribution is -2.50. The third-order valence-corrected chi connectivity index (χ3v) is 4.13. The second kappa shape index (κ2) is 5.61. The monoisotopic (exact) mass is 315 g/mol. The summed E-state index contributed by atoms with van der Waals surface area (Å²) in [5, 5.41) is 0.139. The van der Waals surface area contributed by atoms with Crippen molar-refractivity contribution >= 4 is 46.7 Å². The summed E-state index contributed by atoms with van der Waals surface area (Å²) in [6.07, 6.45) is 0. The number of hydrogen-bond donors (Lipinski definition) is 1. The molecule has 1 aromatic carbocycles. The Morgan fingerprint density at radius 3 is 2.39 bits per heavy atom. The predicted molar refractivity (Wildman–Crippen MR) is 71.5 cm³/mol. The molecule has 0 aromatic heterocycles. The van der Waals surface area contributed by atoms with Gasteiger partial charge in [0, 0.05) is 6.07 Å². The summed E-state index contributed by atoms with van der Waals surface area (Å²) in [5.41, 5.74) is 5.53. The van der Waals surface area contributed by atoms with Crippen molar-refractivity contribution in [2.75, 3.05) is 14.1 Å². The molecule has 1 rings (SSSR count). The highest BCUT2D eigenvalue weighted by molar-refractivity contribution is 7.99. The highest BCUT2D eigenvalue weighted by Crippen LogP contribution is 2.43. The number of rotatable bonds is 3. The van der Waals surface area contributed by atoms with E-state index in [4.69, 9.17) is 28.9 Å². The van der Waals surface area contributed by atoms with Gasteiger partial charge in [-0.15, -0.1) is 0 Å². The van der Waals surface area contributed by atoms with Gasteiger partial charge in [-0.2, -0.15) is 8.78 Å². The van der Waals surface area contributed by atoms with Gasteiger partial charge in [0.2, 0.25) is 0 Å². The zero-order valence-electron chi connectivity index (χ0n) is 9.58. The molecule has 0 unspecified atom stereocenters. The summed E-state index contributed by atoms with van der Waals surface area (Å²) in [6.45, 7) is 0. The Balaban J connectivity index is 3.44. The maximum absolute atomic E-state index is 12.5. The lowest BCUT2D eigenvalue weighted by molar-refractivity contribution is 0.226. The van der Waals surface area contributed by atoms with Gasteiger partial charge in [-0.05, 0) is 17.8 Å². The molecule has 3 nitrogen and oxygen atoms in total. The molecular weight excluding hydrogens is 305 g/mol. The molecule has 0 aliphatic rings. The van der Waals surface area contributed by atoms with Crippen LogP contribution in [0.2, 0.25) is 10.0 Å². The van der Waals surface area contributed by atoms with Crippen LogP contribution in [0.1, 0.15) is 0 Å². The molecule has 0 heterocycles. The Kier molecular flexibility index (Phi) is 4.83. The van der Waals surface area contributed by atoms with Crippen LogP contribution in [0.3, 0.4) is 0 Å². The van der Waals surface area contributed by atoms with Crippen LogP contribution in [0.4, 0.5) is 19.3 Å². The molecule has 2 amide bonds. The van der Waals surface area contributed by atoms with Crippen LogP contribution in [0.25, 0.3) is 0 Å². The van der Waals surface area contributed by atoms with E-state index in [1.165, 1.54) is 26.2 Å². The van der Waals surface area contributed by atoms with Crippen molar-refractivity contribution in [2.24, 2.45) is 5.73 Å². The summed E-state index contributed by atoms with van der Waals surface area (Å²) < 4.78 is 24.7. The number of halogens is 4. The first-order chi connectivity index (χ1) is 8.17. The highest BCUT2D eigenvalue weighted by atomic mass is 35.5. The van der Waals surface area contributed by atoms with Crippen molar-refractivity contribution in [1.29, 1.82) is 0 Å². The third-order valence-electron chi connectivity index (χ3n) is 2.39. The van der Waals surface area contributed by atoms with Crippen molar-refractivity contribution in [3.8, 4) is 0 Å². The van der Waals surface area contributed by atoms with E-state index in [-0.39, 0.29) is 32.4 Å². The van der Waals surface area contributed by atoms with E-state index >= 15 is 0 Å². The van der Waals surface area contributed by atoms with E-state index < -0.39 is 16.3 Å². The molecule has 0 saturated carbocycles. The van der Waals surface area contributed by atoms with Gasteiger partial charge in [0.1, 0.15) is 0 Å². The minimum absolute atomic E-state index is 0.00748. The summed E-state index contributed by atoms with van der Waals surface area (Å²) in [7, 11) is 2.97. The maximum atomic E-state index is 12.5. The molecule has 0 fully saturated rings. The van der Waals surface area contributed by atoms with Gasteiger partial charge < -0.3 is 5.73 Å². The first kappa shape index (κ1) is 15.5. The summed E-state index contributed by atoms with van der Waals surface area (Å²) in [6, 6.07) is 2.21. The standard InChI is InChI=1S/C10H10Cl2F2N2OS/c1-16(2,10(15)17)6-4-3-5(11)7(12)8(6)18-9(13)14/h3-4,9H,1-2H3,(H-,15,17)/p+1. The van der Waals surface area contributed by atoms with E-state index in [1.54, 1.807) is 0 Å². The number of urea groups is 1. The number of nitrogens with zero attached hydrogens (tertiary/aromatic N) is 1. The number of amides is 2. The van der Waals surface area contributed by atoms with Crippen molar-refractivity contribution in [1.82, 2.24) is 4.48 Å². The molecule has 0 bridgehead atoms. The third kappa shape index (κ3) is 3.06. The Hall–Kier alpha value is -0.560. The fraction of sp³-hybridized carbons (Fsp3) is 0.300. The Labute approximate surface area is 117 Å². The van der Waals surface area contributed by atoms with Gasteiger partial charge in [-0.25, -0.2) is 9.28 Å². The van der Waals surface area contributed by atoms with Gasteiger partial charge in [-0.3, -0.25) is 0 Å². The van der Waals surface area contributed by atoms with Crippen LogP contribution in [0.15, 0.2) is 17.0 Å². The number of quaternary nitrogens is 1. The van der Waals surface area contributed by atoms with Gasteiger partial charge in [-0.1, -0.05) is 23.2 Å². The maximum Gasteiger partial charge on any atom is 0.418 e. The molecule has 1 aromatic rings. The molecule has 100 valence electrons. The van der Waals surface area contributed by atoms with Gasteiger partial charge in [0.05, 0.1) is 29.0 Å². The average Bonchev–Trinajstić information content (AvgIpc) is 2.23. The summed E-state index contributed by atoms with van der Waals surface area (Å²) >= 11 is 11.9. The van der Waals surface area contributed by atoms with Gasteiger partial charge in [0.25, 0.3) is 5.76 Å². The van der Waals surface area contributed by atoms with Crippen molar-refractivity contribution in [3.63, 3.8) is 0 Å². The van der Waals surface area contributed by atoms with Crippen molar-refractivity contribution in [3.05, 3.63) is 22.2 Å². The van der Waals surface area contributed by atoms with Gasteiger partial charge in [0.15, 0.2) is 5.69 Å². The van der Waals surface area contributed by atoms with Crippen LogP contribution < -0.4 is 10.2 Å². The largest absolute Gasteiger partial charge is 0.418 e. The van der Waals surface area contributed by atoms with E-state index in [9.17, 15) is 13.6 Å². The molecule has 2 N–H and O–H groups in total. The molecule has 0 radical (unpaired) electrons. The Morgan fingerprint density at radius 2 is 1.94 bits per heavy atom. The lowest BCUT2D eigenvalue weighted by atomic mass is 10.2. The number of primary amides is 1. The predicted octanol–water partition coefficient (Wildman–Crippen LogP) is 3.95. The van der Waals surface area contributed by atoms with Crippen LogP contribution in [-0.4, -0.2) is 25.9 Å². The minimum Gasteiger partial charge on any atom is -0.319 e. The van der Waals surface area contributed by atoms with E-state index in [2.05, 4.69) is 0 Å². The molecule has 0 aliphatic carbocycles. The fourth-order valence-corrected chi connectivity index (χ4v) is 2.60. The van der Waals surface area contributed by atoms with Crippen molar-refractivity contribution < 1.29 is 13.6 Å². The average molecular weight is 316 g/mol. The second-order valence-electron chi connectivity index (χ2n) is 3.88. The molecule has 0 saturated heterocycles. The van der Waals surface area contributed by atoms with Crippen LogP contribution in [-0.2, 0) is 0 Å². The van der Waals surface area contributed by atoms with E-state index in [0.717, 1.165) is 0 Å². The zero-order valence-corrected chi connectivity index (χ0v) is 11.9. The van der Waals surface area contributed by atoms with Crippen LogP contribution in [0, 0.1) is 0 Å². The number of benzene rings is 1. The van der Waals surface area contributed by atoms with Crippen LogP contribution >= 0.6 is 35.0 Å². The van der Waals surface area contributed by atoms with Gasteiger partial charge >= 0.3 is 6.03 Å². The number of hydrogen-bond acceptors (Lipinski definition) is 2. The van der Waals surface area contributed by atoms with E-state index in [1.807, 2.05) is 0 Å². The summed E-state index contributed by atoms with van der Waals surface area (Å²) in [4.78, 5) is 11.4.